The van der Waals surface area contributed by atoms with Crippen molar-refractivity contribution in [3.05, 3.63) is 70.3 Å². The summed E-state index contributed by atoms with van der Waals surface area (Å²) in [4.78, 5) is 15.7. The molecule has 0 radical (unpaired) electrons. The van der Waals surface area contributed by atoms with E-state index in [1.165, 1.54) is 5.56 Å². The van der Waals surface area contributed by atoms with Gasteiger partial charge in [0, 0.05) is 37.9 Å². The maximum atomic E-state index is 13.4. The van der Waals surface area contributed by atoms with Gasteiger partial charge in [-0.05, 0) is 105 Å². The summed E-state index contributed by atoms with van der Waals surface area (Å²) in [5, 5.41) is -0.0738. The molecule has 1 fully saturated rings. The van der Waals surface area contributed by atoms with Crippen molar-refractivity contribution in [2.24, 2.45) is 17.8 Å². The van der Waals surface area contributed by atoms with E-state index in [0.29, 0.717) is 36.3 Å². The molecule has 2 aliphatic heterocycles. The third-order valence-electron chi connectivity index (χ3n) is 9.92. The van der Waals surface area contributed by atoms with Crippen LogP contribution in [0.2, 0.25) is 5.02 Å². The first-order chi connectivity index (χ1) is 21.1. The molecule has 5 rings (SSSR count). The predicted molar refractivity (Wildman–Crippen MR) is 174 cm³/mol. The molecule has 0 saturated heterocycles. The van der Waals surface area contributed by atoms with E-state index in [4.69, 9.17) is 25.8 Å². The highest BCUT2D eigenvalue weighted by molar-refractivity contribution is 7.90. The van der Waals surface area contributed by atoms with Gasteiger partial charge in [-0.2, -0.15) is 0 Å². The van der Waals surface area contributed by atoms with Crippen molar-refractivity contribution < 1.29 is 27.4 Å². The summed E-state index contributed by atoms with van der Waals surface area (Å²) in [6, 6.07) is 11.1. The van der Waals surface area contributed by atoms with Gasteiger partial charge in [0.15, 0.2) is 0 Å². The summed E-state index contributed by atoms with van der Waals surface area (Å²) >= 11 is 6.34. The Kier molecular flexibility index (Phi) is 10.3. The van der Waals surface area contributed by atoms with E-state index in [9.17, 15) is 13.2 Å². The van der Waals surface area contributed by atoms with Crippen molar-refractivity contribution in [2.45, 2.75) is 69.8 Å². The Labute approximate surface area is 267 Å². The first-order valence-electron chi connectivity index (χ1n) is 15.6. The number of amides is 1. The number of rotatable bonds is 3. The molecule has 0 spiro atoms. The maximum absolute atomic E-state index is 13.4. The van der Waals surface area contributed by atoms with Gasteiger partial charge in [0.05, 0.1) is 17.5 Å². The number of hydrogen-bond acceptors (Lipinski definition) is 7. The Morgan fingerprint density at radius 1 is 1.09 bits per heavy atom. The molecular formula is C34H45ClN2O6S. The van der Waals surface area contributed by atoms with Crippen LogP contribution in [0.25, 0.3) is 0 Å². The van der Waals surface area contributed by atoms with Gasteiger partial charge in [-0.25, -0.2) is 13.1 Å². The minimum Gasteiger partial charge on any atom is -0.487 e. The minimum absolute atomic E-state index is 0.216. The largest absolute Gasteiger partial charge is 0.487 e. The van der Waals surface area contributed by atoms with E-state index in [2.05, 4.69) is 15.7 Å². The number of methoxy groups -OCH3 is 2. The third-order valence-corrected chi connectivity index (χ3v) is 12.1. The molecule has 8 nitrogen and oxygen atoms in total. The topological polar surface area (TPSA) is 94.2 Å². The van der Waals surface area contributed by atoms with Crippen molar-refractivity contribution in [3.63, 3.8) is 0 Å². The summed E-state index contributed by atoms with van der Waals surface area (Å²) in [5.41, 5.74) is 2.71. The number of allylic oxidation sites excluding steroid dienone is 1. The molecule has 1 N–H and O–H groups in total. The van der Waals surface area contributed by atoms with Gasteiger partial charge in [-0.15, -0.1) is 0 Å². The van der Waals surface area contributed by atoms with Crippen molar-refractivity contribution >= 4 is 33.2 Å². The molecule has 0 unspecified atom stereocenters. The summed E-state index contributed by atoms with van der Waals surface area (Å²) < 4.78 is 47.4. The number of ether oxygens (including phenoxy) is 3. The molecule has 2 aromatic rings. The number of anilines is 1. The van der Waals surface area contributed by atoms with Crippen LogP contribution >= 0.6 is 11.6 Å². The monoisotopic (exact) mass is 644 g/mol. The molecule has 1 saturated carbocycles. The Balaban J connectivity index is 1.58. The van der Waals surface area contributed by atoms with Crippen LogP contribution in [-0.4, -0.2) is 59.1 Å². The van der Waals surface area contributed by atoms with Crippen molar-refractivity contribution in [3.8, 4) is 5.75 Å². The molecule has 5 atom stereocenters. The standard InChI is InChI=1S/C34H45ClN2O6S/c1-23-8-7-16-34(42-4,22-41-3)30-14-11-27(30)20-37-17-6-5-9-25-18-29(35)13-10-28(25)21-43-32-15-12-26(19-31(32)37)33(38)36-44(39,40)24(23)2/h7,10,12-13,15-16,18-19,23-24,27,30H,5-6,8-9,11,14,17,20-22H2,1-4H3,(H,36,38)/b16-7+/t23-,24+,27-,30+,34+/m0/s1. The normalized spacial score (nSPS) is 29.9. The highest BCUT2D eigenvalue weighted by Gasteiger charge is 2.47. The summed E-state index contributed by atoms with van der Waals surface area (Å²) in [6.07, 6.45) is 9.47. The average Bonchev–Trinajstić information content (AvgIpc) is 3.01. The van der Waals surface area contributed by atoms with Crippen LogP contribution in [0.3, 0.4) is 0 Å². The van der Waals surface area contributed by atoms with E-state index in [0.717, 1.165) is 56.4 Å². The smallest absolute Gasteiger partial charge is 0.264 e. The summed E-state index contributed by atoms with van der Waals surface area (Å²) in [6.45, 7) is 5.81. The molecule has 44 heavy (non-hydrogen) atoms. The molecule has 1 amide bonds. The number of nitrogens with one attached hydrogen (secondary N) is 1. The maximum Gasteiger partial charge on any atom is 0.264 e. The highest BCUT2D eigenvalue weighted by Crippen LogP contribution is 2.46. The van der Waals surface area contributed by atoms with Crippen LogP contribution in [0.15, 0.2) is 48.6 Å². The molecule has 2 aromatic carbocycles. The summed E-state index contributed by atoms with van der Waals surface area (Å²) in [7, 11) is -0.512. The van der Waals surface area contributed by atoms with Crippen LogP contribution in [-0.2, 0) is 32.5 Å². The van der Waals surface area contributed by atoms with Gasteiger partial charge >= 0.3 is 0 Å². The lowest BCUT2D eigenvalue weighted by atomic mass is 9.64. The Morgan fingerprint density at radius 3 is 2.64 bits per heavy atom. The molecule has 2 bridgehead atoms. The second-order valence-corrected chi connectivity index (χ2v) is 15.1. The Hall–Kier alpha value is -2.59. The van der Waals surface area contributed by atoms with Crippen LogP contribution in [0.1, 0.15) is 67.4 Å². The van der Waals surface area contributed by atoms with Crippen molar-refractivity contribution in [1.29, 1.82) is 0 Å². The molecule has 1 aliphatic carbocycles. The Bertz CT molecular complexity index is 1480. The lowest BCUT2D eigenvalue weighted by Crippen LogP contribution is -2.53. The fourth-order valence-electron chi connectivity index (χ4n) is 6.84. The van der Waals surface area contributed by atoms with E-state index in [1.807, 2.05) is 31.2 Å². The highest BCUT2D eigenvalue weighted by atomic mass is 35.5. The van der Waals surface area contributed by atoms with E-state index in [1.54, 1.807) is 39.3 Å². The van der Waals surface area contributed by atoms with Gasteiger partial charge in [0.1, 0.15) is 18.0 Å². The quantitative estimate of drug-likeness (QED) is 0.400. The number of benzene rings is 2. The first kappa shape index (κ1) is 32.8. The SMILES string of the molecule is COC[C@]1(OC)/C=C/C[C@H](C)[C@@H](C)S(=O)(=O)NC(=O)c2ccc3c(c2)N(CCCCc2cc(Cl)ccc2CO3)C[C@@H]2CC[C@H]21. The zero-order chi connectivity index (χ0) is 31.5. The Morgan fingerprint density at radius 2 is 1.91 bits per heavy atom. The van der Waals surface area contributed by atoms with Gasteiger partial charge < -0.3 is 19.1 Å². The van der Waals surface area contributed by atoms with E-state index >= 15 is 0 Å². The number of nitrogens with zero attached hydrogens (tertiary/aromatic N) is 1. The van der Waals surface area contributed by atoms with E-state index in [-0.39, 0.29) is 17.4 Å². The number of sulfonamides is 1. The third kappa shape index (κ3) is 6.96. The van der Waals surface area contributed by atoms with Crippen molar-refractivity contribution in [2.75, 3.05) is 38.8 Å². The molecule has 240 valence electrons. The predicted octanol–water partition coefficient (Wildman–Crippen LogP) is 6.16. The number of carbonyl (C=O) groups is 1. The molecule has 10 heteroatoms. The molecule has 0 aromatic heterocycles. The molecular weight excluding hydrogens is 600 g/mol. The fourth-order valence-corrected chi connectivity index (χ4v) is 8.32. The zero-order valence-corrected chi connectivity index (χ0v) is 27.8. The lowest BCUT2D eigenvalue weighted by molar-refractivity contribution is -0.110. The fraction of sp³-hybridized carbons (Fsp3) is 0.559. The van der Waals surface area contributed by atoms with Crippen molar-refractivity contribution in [1.82, 2.24) is 4.72 Å². The number of hydrogen-bond donors (Lipinski definition) is 1. The molecule has 3 aliphatic rings. The van der Waals surface area contributed by atoms with Crippen LogP contribution in [0.4, 0.5) is 5.69 Å². The van der Waals surface area contributed by atoms with E-state index < -0.39 is 26.8 Å². The van der Waals surface area contributed by atoms with Crippen LogP contribution in [0.5, 0.6) is 5.75 Å². The molecule has 2 heterocycles. The number of aryl methyl sites for hydroxylation is 1. The van der Waals surface area contributed by atoms with Gasteiger partial charge in [0.2, 0.25) is 10.0 Å². The number of carbonyl (C=O) groups excluding carboxylic acids is 1. The van der Waals surface area contributed by atoms with Crippen LogP contribution in [0, 0.1) is 17.8 Å². The number of halogens is 1. The summed E-state index contributed by atoms with van der Waals surface area (Å²) in [5.74, 6) is 0.330. The zero-order valence-electron chi connectivity index (χ0n) is 26.2. The second kappa shape index (κ2) is 13.8. The van der Waals surface area contributed by atoms with Crippen LogP contribution < -0.4 is 14.4 Å². The second-order valence-electron chi connectivity index (χ2n) is 12.6. The van der Waals surface area contributed by atoms with Gasteiger partial charge in [0.25, 0.3) is 5.91 Å². The average molecular weight is 645 g/mol. The number of fused-ring (bicyclic) bond motifs is 3. The first-order valence-corrected chi connectivity index (χ1v) is 17.6. The van der Waals surface area contributed by atoms with Gasteiger partial charge in [-0.1, -0.05) is 36.7 Å². The minimum atomic E-state index is -3.93. The van der Waals surface area contributed by atoms with Gasteiger partial charge in [-0.3, -0.25) is 4.79 Å². The lowest BCUT2D eigenvalue weighted by Gasteiger charge is -2.49.